The molecule has 4 rings (SSSR count). The molecule has 1 aliphatic rings. The Labute approximate surface area is 121 Å². The highest BCUT2D eigenvalue weighted by molar-refractivity contribution is 5.97. The molecular formula is C16H14N4O. The molecule has 0 spiro atoms. The maximum absolute atomic E-state index is 12.6. The first-order valence-corrected chi connectivity index (χ1v) is 6.96. The van der Waals surface area contributed by atoms with Crippen molar-refractivity contribution in [3.05, 3.63) is 59.5 Å². The molecule has 1 N–H and O–H groups in total. The Balaban J connectivity index is 1.63. The van der Waals surface area contributed by atoms with Crippen LogP contribution in [0.25, 0.3) is 10.9 Å². The van der Waals surface area contributed by atoms with Gasteiger partial charge in [-0.2, -0.15) is 5.10 Å². The summed E-state index contributed by atoms with van der Waals surface area (Å²) in [6.45, 7) is 1.34. The normalized spacial score (nSPS) is 14.2. The molecule has 0 saturated heterocycles. The van der Waals surface area contributed by atoms with Crippen LogP contribution in [0.1, 0.15) is 21.6 Å². The minimum Gasteiger partial charge on any atom is -0.334 e. The molecule has 5 heteroatoms. The summed E-state index contributed by atoms with van der Waals surface area (Å²) < 4.78 is 0. The minimum absolute atomic E-state index is 0.0565. The van der Waals surface area contributed by atoms with Crippen molar-refractivity contribution in [2.45, 2.75) is 13.0 Å². The van der Waals surface area contributed by atoms with Crippen LogP contribution in [0, 0.1) is 0 Å². The molecule has 1 aromatic carbocycles. The van der Waals surface area contributed by atoms with Gasteiger partial charge < -0.3 is 4.90 Å². The Kier molecular flexibility index (Phi) is 2.70. The van der Waals surface area contributed by atoms with Crippen molar-refractivity contribution in [3.63, 3.8) is 0 Å². The molecule has 0 fully saturated rings. The molecule has 1 aliphatic heterocycles. The first kappa shape index (κ1) is 12.1. The second-order valence-electron chi connectivity index (χ2n) is 5.26. The first-order valence-electron chi connectivity index (χ1n) is 6.96. The Morgan fingerprint density at radius 2 is 2.24 bits per heavy atom. The average Bonchev–Trinajstić information content (AvgIpc) is 3.01. The lowest BCUT2D eigenvalue weighted by Crippen LogP contribution is -2.36. The van der Waals surface area contributed by atoms with Gasteiger partial charge in [-0.25, -0.2) is 0 Å². The molecule has 5 nitrogen and oxygen atoms in total. The third-order valence-corrected chi connectivity index (χ3v) is 3.94. The number of amides is 1. The van der Waals surface area contributed by atoms with E-state index in [1.165, 1.54) is 0 Å². The maximum atomic E-state index is 12.6. The highest BCUT2D eigenvalue weighted by Crippen LogP contribution is 2.20. The van der Waals surface area contributed by atoms with E-state index in [1.807, 2.05) is 41.4 Å². The predicted octanol–water partition coefficient (Wildman–Crippen LogP) is 2.16. The zero-order valence-corrected chi connectivity index (χ0v) is 11.4. The highest BCUT2D eigenvalue weighted by Gasteiger charge is 2.22. The summed E-state index contributed by atoms with van der Waals surface area (Å²) in [7, 11) is 0. The number of aromatic nitrogens is 3. The topological polar surface area (TPSA) is 61.9 Å². The Hall–Kier alpha value is -2.69. The molecule has 3 aromatic rings. The van der Waals surface area contributed by atoms with Crippen LogP contribution in [-0.2, 0) is 13.0 Å². The summed E-state index contributed by atoms with van der Waals surface area (Å²) in [6, 6.07) is 9.61. The number of carbonyl (C=O) groups excluding carboxylic acids is 1. The number of fused-ring (bicyclic) bond motifs is 2. The van der Waals surface area contributed by atoms with Gasteiger partial charge in [0.25, 0.3) is 5.91 Å². The van der Waals surface area contributed by atoms with E-state index in [0.29, 0.717) is 18.7 Å². The third kappa shape index (κ3) is 2.07. The quantitative estimate of drug-likeness (QED) is 0.742. The van der Waals surface area contributed by atoms with Gasteiger partial charge in [-0.3, -0.25) is 14.9 Å². The second-order valence-corrected chi connectivity index (χ2v) is 5.26. The molecule has 0 radical (unpaired) electrons. The van der Waals surface area contributed by atoms with E-state index in [9.17, 15) is 4.79 Å². The molecule has 1 amide bonds. The van der Waals surface area contributed by atoms with Crippen molar-refractivity contribution in [2.75, 3.05) is 6.54 Å². The number of benzene rings is 1. The molecule has 0 bridgehead atoms. The smallest absolute Gasteiger partial charge is 0.254 e. The third-order valence-electron chi connectivity index (χ3n) is 3.94. The summed E-state index contributed by atoms with van der Waals surface area (Å²) in [5.74, 6) is 0.0565. The van der Waals surface area contributed by atoms with Gasteiger partial charge >= 0.3 is 0 Å². The zero-order chi connectivity index (χ0) is 14.2. The Morgan fingerprint density at radius 1 is 1.29 bits per heavy atom. The van der Waals surface area contributed by atoms with Crippen LogP contribution in [0.3, 0.4) is 0 Å². The lowest BCUT2D eigenvalue weighted by atomic mass is 10.0. The molecule has 2 aromatic heterocycles. The van der Waals surface area contributed by atoms with Crippen molar-refractivity contribution >= 4 is 16.8 Å². The molecule has 104 valence electrons. The summed E-state index contributed by atoms with van der Waals surface area (Å²) in [4.78, 5) is 18.9. The van der Waals surface area contributed by atoms with Crippen LogP contribution in [0.4, 0.5) is 0 Å². The van der Waals surface area contributed by atoms with Crippen LogP contribution >= 0.6 is 0 Å². The van der Waals surface area contributed by atoms with Gasteiger partial charge in [0.1, 0.15) is 0 Å². The molecule has 3 heterocycles. The largest absolute Gasteiger partial charge is 0.334 e. The SMILES string of the molecule is O=C(c1ccc2cn[nH]c2c1)N1CCc2ncccc2C1. The summed E-state index contributed by atoms with van der Waals surface area (Å²) in [5.41, 5.74) is 3.82. The fourth-order valence-corrected chi connectivity index (χ4v) is 2.79. The molecule has 0 unspecified atom stereocenters. The fraction of sp³-hybridized carbons (Fsp3) is 0.188. The van der Waals surface area contributed by atoms with Crippen LogP contribution in [0.2, 0.25) is 0 Å². The number of hydrogen-bond acceptors (Lipinski definition) is 3. The summed E-state index contributed by atoms with van der Waals surface area (Å²) in [5, 5.41) is 7.90. The fourth-order valence-electron chi connectivity index (χ4n) is 2.79. The number of nitrogens with one attached hydrogen (secondary N) is 1. The predicted molar refractivity (Wildman–Crippen MR) is 78.8 cm³/mol. The second kappa shape index (κ2) is 4.70. The van der Waals surface area contributed by atoms with Gasteiger partial charge in [-0.05, 0) is 23.8 Å². The van der Waals surface area contributed by atoms with Gasteiger partial charge in [0, 0.05) is 42.4 Å². The van der Waals surface area contributed by atoms with E-state index in [4.69, 9.17) is 0 Å². The number of nitrogens with zero attached hydrogens (tertiary/aromatic N) is 3. The zero-order valence-electron chi connectivity index (χ0n) is 11.4. The van der Waals surface area contributed by atoms with E-state index in [-0.39, 0.29) is 5.91 Å². The molecule has 21 heavy (non-hydrogen) atoms. The molecule has 0 saturated carbocycles. The Bertz CT molecular complexity index is 824. The van der Waals surface area contributed by atoms with E-state index in [2.05, 4.69) is 15.2 Å². The number of pyridine rings is 1. The van der Waals surface area contributed by atoms with Gasteiger partial charge in [-0.1, -0.05) is 12.1 Å². The van der Waals surface area contributed by atoms with Crippen molar-refractivity contribution in [1.82, 2.24) is 20.1 Å². The van der Waals surface area contributed by atoms with Crippen LogP contribution in [-0.4, -0.2) is 32.5 Å². The lowest BCUT2D eigenvalue weighted by Gasteiger charge is -2.28. The van der Waals surface area contributed by atoms with Crippen molar-refractivity contribution in [2.24, 2.45) is 0 Å². The van der Waals surface area contributed by atoms with E-state index in [0.717, 1.165) is 28.6 Å². The maximum Gasteiger partial charge on any atom is 0.254 e. The lowest BCUT2D eigenvalue weighted by molar-refractivity contribution is 0.0733. The van der Waals surface area contributed by atoms with Crippen molar-refractivity contribution in [1.29, 1.82) is 0 Å². The molecule has 0 aliphatic carbocycles. The van der Waals surface area contributed by atoms with Gasteiger partial charge in [-0.15, -0.1) is 0 Å². The Morgan fingerprint density at radius 3 is 3.19 bits per heavy atom. The van der Waals surface area contributed by atoms with Crippen molar-refractivity contribution in [3.8, 4) is 0 Å². The van der Waals surface area contributed by atoms with Crippen LogP contribution in [0.15, 0.2) is 42.7 Å². The first-order chi connectivity index (χ1) is 10.3. The van der Waals surface area contributed by atoms with Gasteiger partial charge in [0.2, 0.25) is 0 Å². The van der Waals surface area contributed by atoms with E-state index >= 15 is 0 Å². The van der Waals surface area contributed by atoms with Gasteiger partial charge in [0.15, 0.2) is 0 Å². The number of hydrogen-bond donors (Lipinski definition) is 1. The number of rotatable bonds is 1. The minimum atomic E-state index is 0.0565. The summed E-state index contributed by atoms with van der Waals surface area (Å²) in [6.07, 6.45) is 4.38. The highest BCUT2D eigenvalue weighted by atomic mass is 16.2. The van der Waals surface area contributed by atoms with Crippen LogP contribution < -0.4 is 0 Å². The van der Waals surface area contributed by atoms with E-state index < -0.39 is 0 Å². The average molecular weight is 278 g/mol. The van der Waals surface area contributed by atoms with Crippen molar-refractivity contribution < 1.29 is 4.79 Å². The number of aromatic amines is 1. The van der Waals surface area contributed by atoms with Crippen LogP contribution in [0.5, 0.6) is 0 Å². The monoisotopic (exact) mass is 278 g/mol. The van der Waals surface area contributed by atoms with E-state index in [1.54, 1.807) is 6.20 Å². The standard InChI is InChI=1S/C16H14N4O/c21-16(11-3-4-12-9-18-19-15(12)8-11)20-7-5-14-13(10-20)2-1-6-17-14/h1-4,6,8-9H,5,7,10H2,(H,18,19). The number of carbonyl (C=O) groups is 1. The molecule has 0 atom stereocenters. The summed E-state index contributed by atoms with van der Waals surface area (Å²) >= 11 is 0. The number of H-pyrrole nitrogens is 1. The van der Waals surface area contributed by atoms with Gasteiger partial charge in [0.05, 0.1) is 11.7 Å². The molecular weight excluding hydrogens is 264 g/mol.